The van der Waals surface area contributed by atoms with Gasteiger partial charge in [-0.15, -0.1) is 0 Å². The molecule has 0 spiro atoms. The number of nitrogens with zero attached hydrogens (tertiary/aromatic N) is 3. The molecule has 2 aromatic rings. The van der Waals surface area contributed by atoms with Crippen LogP contribution in [-0.4, -0.2) is 58.7 Å². The number of amides is 3. The topological polar surface area (TPSA) is 111 Å². The summed E-state index contributed by atoms with van der Waals surface area (Å²) in [6.07, 6.45) is 5.83. The first kappa shape index (κ1) is 21.3. The zero-order valence-electron chi connectivity index (χ0n) is 16.5. The van der Waals surface area contributed by atoms with Gasteiger partial charge in [0, 0.05) is 25.5 Å². The molecule has 1 N–H and O–H groups in total. The van der Waals surface area contributed by atoms with Gasteiger partial charge in [0.05, 0.1) is 24.8 Å². The second-order valence-corrected chi connectivity index (χ2v) is 7.02. The zero-order valence-corrected chi connectivity index (χ0v) is 17.3. The summed E-state index contributed by atoms with van der Waals surface area (Å²) < 4.78 is 10.8. The van der Waals surface area contributed by atoms with E-state index in [-0.39, 0.29) is 18.8 Å². The molecule has 0 unspecified atom stereocenters. The van der Waals surface area contributed by atoms with Gasteiger partial charge in [-0.25, -0.2) is 4.98 Å². The number of methoxy groups -OCH3 is 1. The van der Waals surface area contributed by atoms with Crippen LogP contribution in [0.5, 0.6) is 11.5 Å². The van der Waals surface area contributed by atoms with Crippen molar-refractivity contribution in [1.29, 1.82) is 0 Å². The third kappa shape index (κ3) is 4.95. The summed E-state index contributed by atoms with van der Waals surface area (Å²) >= 11 is 0.851. The van der Waals surface area contributed by atoms with E-state index in [0.29, 0.717) is 28.6 Å². The van der Waals surface area contributed by atoms with Crippen LogP contribution in [0.4, 0.5) is 4.79 Å². The van der Waals surface area contributed by atoms with Crippen molar-refractivity contribution in [1.82, 2.24) is 20.2 Å². The van der Waals surface area contributed by atoms with Crippen LogP contribution in [0.3, 0.4) is 0 Å². The highest BCUT2D eigenvalue weighted by atomic mass is 32.2. The molecule has 3 amide bonds. The SMILES string of the molecule is CCOc1ccc(/C=C2/SC(=O)N(CCNC(=O)c3cnccn3)C2=O)cc1OC. The summed E-state index contributed by atoms with van der Waals surface area (Å²) in [6.45, 7) is 2.54. The number of hydrogen-bond donors (Lipinski definition) is 1. The Hall–Kier alpha value is -3.40. The fourth-order valence-electron chi connectivity index (χ4n) is 2.68. The van der Waals surface area contributed by atoms with Gasteiger partial charge < -0.3 is 14.8 Å². The Morgan fingerprint density at radius 1 is 1.27 bits per heavy atom. The first-order chi connectivity index (χ1) is 14.5. The summed E-state index contributed by atoms with van der Waals surface area (Å²) in [5.41, 5.74) is 0.868. The fraction of sp³-hybridized carbons (Fsp3) is 0.250. The third-order valence-corrected chi connectivity index (χ3v) is 4.98. The maximum atomic E-state index is 12.6. The van der Waals surface area contributed by atoms with Crippen LogP contribution in [0.15, 0.2) is 41.7 Å². The van der Waals surface area contributed by atoms with Crippen molar-refractivity contribution in [3.8, 4) is 11.5 Å². The molecule has 1 aromatic carbocycles. The summed E-state index contributed by atoms with van der Waals surface area (Å²) in [4.78, 5) is 45.9. The molecule has 9 nitrogen and oxygen atoms in total. The summed E-state index contributed by atoms with van der Waals surface area (Å²) in [6, 6.07) is 5.27. The van der Waals surface area contributed by atoms with E-state index in [9.17, 15) is 14.4 Å². The van der Waals surface area contributed by atoms with Crippen molar-refractivity contribution >= 4 is 34.9 Å². The van der Waals surface area contributed by atoms with Crippen molar-refractivity contribution in [2.75, 3.05) is 26.8 Å². The molecule has 30 heavy (non-hydrogen) atoms. The average Bonchev–Trinajstić information content (AvgIpc) is 3.02. The molecule has 2 heterocycles. The van der Waals surface area contributed by atoms with E-state index in [0.717, 1.165) is 16.7 Å². The molecule has 0 aliphatic carbocycles. The minimum Gasteiger partial charge on any atom is -0.493 e. The van der Waals surface area contributed by atoms with Gasteiger partial charge in [-0.05, 0) is 42.5 Å². The lowest BCUT2D eigenvalue weighted by atomic mass is 10.2. The first-order valence-corrected chi connectivity index (χ1v) is 9.95. The van der Waals surface area contributed by atoms with Crippen molar-refractivity contribution in [3.05, 3.63) is 53.0 Å². The van der Waals surface area contributed by atoms with E-state index < -0.39 is 17.1 Å². The lowest BCUT2D eigenvalue weighted by molar-refractivity contribution is -0.122. The Balaban J connectivity index is 1.63. The van der Waals surface area contributed by atoms with Crippen LogP contribution in [0, 0.1) is 0 Å². The molecule has 1 saturated heterocycles. The van der Waals surface area contributed by atoms with Crippen molar-refractivity contribution < 1.29 is 23.9 Å². The highest BCUT2D eigenvalue weighted by Crippen LogP contribution is 2.34. The maximum Gasteiger partial charge on any atom is 0.293 e. The largest absolute Gasteiger partial charge is 0.493 e. The van der Waals surface area contributed by atoms with Crippen LogP contribution in [0.1, 0.15) is 23.0 Å². The number of nitrogens with one attached hydrogen (secondary N) is 1. The van der Waals surface area contributed by atoms with Crippen LogP contribution < -0.4 is 14.8 Å². The standard InChI is InChI=1S/C20H20N4O5S/c1-3-29-15-5-4-13(10-16(15)28-2)11-17-19(26)24(20(27)30-17)9-8-23-18(25)14-12-21-6-7-22-14/h4-7,10-12H,3,8-9H2,1-2H3,(H,23,25)/b17-11+. The molecule has 156 valence electrons. The molecule has 1 aromatic heterocycles. The van der Waals surface area contributed by atoms with Gasteiger partial charge in [0.1, 0.15) is 5.69 Å². The smallest absolute Gasteiger partial charge is 0.293 e. The van der Waals surface area contributed by atoms with E-state index in [1.165, 1.54) is 25.7 Å². The van der Waals surface area contributed by atoms with Crippen molar-refractivity contribution in [2.45, 2.75) is 6.92 Å². The molecule has 0 bridgehead atoms. The Bertz CT molecular complexity index is 980. The average molecular weight is 428 g/mol. The number of carbonyl (C=O) groups is 3. The van der Waals surface area contributed by atoms with Gasteiger partial charge >= 0.3 is 0 Å². The Morgan fingerprint density at radius 2 is 2.10 bits per heavy atom. The molecule has 3 rings (SSSR count). The first-order valence-electron chi connectivity index (χ1n) is 9.14. The van der Waals surface area contributed by atoms with Crippen LogP contribution in [0.2, 0.25) is 0 Å². The molecular weight excluding hydrogens is 408 g/mol. The Labute approximate surface area is 177 Å². The second-order valence-electron chi connectivity index (χ2n) is 6.02. The fourth-order valence-corrected chi connectivity index (χ4v) is 3.55. The third-order valence-electron chi connectivity index (χ3n) is 4.08. The number of thioether (sulfide) groups is 1. The summed E-state index contributed by atoms with van der Waals surface area (Å²) in [5, 5.41) is 2.23. The number of hydrogen-bond acceptors (Lipinski definition) is 8. The van der Waals surface area contributed by atoms with Crippen LogP contribution in [0.25, 0.3) is 6.08 Å². The molecule has 0 saturated carbocycles. The molecule has 1 fully saturated rings. The van der Waals surface area contributed by atoms with Gasteiger partial charge in [-0.1, -0.05) is 6.07 Å². The number of imide groups is 1. The minimum atomic E-state index is -0.424. The highest BCUT2D eigenvalue weighted by molar-refractivity contribution is 8.18. The van der Waals surface area contributed by atoms with Crippen molar-refractivity contribution in [3.63, 3.8) is 0 Å². The summed E-state index contributed by atoms with van der Waals surface area (Å²) in [7, 11) is 1.53. The molecule has 1 aliphatic heterocycles. The van der Waals surface area contributed by atoms with E-state index >= 15 is 0 Å². The Morgan fingerprint density at radius 3 is 2.80 bits per heavy atom. The lowest BCUT2D eigenvalue weighted by Crippen LogP contribution is -2.37. The molecule has 10 heteroatoms. The van der Waals surface area contributed by atoms with E-state index in [1.807, 2.05) is 6.92 Å². The van der Waals surface area contributed by atoms with E-state index in [2.05, 4.69) is 15.3 Å². The zero-order chi connectivity index (χ0) is 21.5. The number of ether oxygens (including phenoxy) is 2. The van der Waals surface area contributed by atoms with E-state index in [1.54, 1.807) is 24.3 Å². The number of rotatable bonds is 8. The molecular formula is C20H20N4O5S. The minimum absolute atomic E-state index is 0.0562. The van der Waals surface area contributed by atoms with Gasteiger partial charge in [0.2, 0.25) is 0 Å². The van der Waals surface area contributed by atoms with Crippen molar-refractivity contribution in [2.24, 2.45) is 0 Å². The van der Waals surface area contributed by atoms with Crippen LogP contribution in [-0.2, 0) is 4.79 Å². The van der Waals surface area contributed by atoms with Gasteiger partial charge in [-0.3, -0.25) is 24.3 Å². The predicted molar refractivity (Wildman–Crippen MR) is 111 cm³/mol. The summed E-state index contributed by atoms with van der Waals surface area (Å²) in [5.74, 6) is 0.305. The Kier molecular flexibility index (Phi) is 7.02. The van der Waals surface area contributed by atoms with Gasteiger partial charge in [-0.2, -0.15) is 0 Å². The molecule has 1 aliphatic rings. The quantitative estimate of drug-likeness (QED) is 0.638. The normalized spacial score (nSPS) is 14.9. The second kappa shape index (κ2) is 9.88. The maximum absolute atomic E-state index is 12.6. The number of carbonyl (C=O) groups excluding carboxylic acids is 3. The lowest BCUT2D eigenvalue weighted by Gasteiger charge is -2.12. The molecule has 0 atom stereocenters. The molecule has 0 radical (unpaired) electrons. The van der Waals surface area contributed by atoms with Gasteiger partial charge in [0.15, 0.2) is 11.5 Å². The van der Waals surface area contributed by atoms with Gasteiger partial charge in [0.25, 0.3) is 17.1 Å². The van der Waals surface area contributed by atoms with Crippen LogP contribution >= 0.6 is 11.8 Å². The highest BCUT2D eigenvalue weighted by Gasteiger charge is 2.34. The predicted octanol–water partition coefficient (Wildman–Crippen LogP) is 2.35. The number of aromatic nitrogens is 2. The van der Waals surface area contributed by atoms with E-state index in [4.69, 9.17) is 9.47 Å². The monoisotopic (exact) mass is 428 g/mol. The number of benzene rings is 1.